The number of nitrogens with zero attached hydrogens (tertiary/aromatic N) is 1. The minimum Gasteiger partial charge on any atom is -0.480 e. The Morgan fingerprint density at radius 3 is 2.00 bits per heavy atom. The van der Waals surface area contributed by atoms with Crippen LogP contribution in [-0.4, -0.2) is 71.2 Å². The molecule has 30 heavy (non-hydrogen) atoms. The van der Waals surface area contributed by atoms with Crippen molar-refractivity contribution in [2.75, 3.05) is 12.3 Å². The largest absolute Gasteiger partial charge is 0.480 e. The Bertz CT molecular complexity index is 640. The second kappa shape index (κ2) is 13.6. The second-order valence-electron chi connectivity index (χ2n) is 7.09. The van der Waals surface area contributed by atoms with Crippen LogP contribution in [0.25, 0.3) is 0 Å². The third-order valence-corrected chi connectivity index (χ3v) is 4.51. The third-order valence-electron chi connectivity index (χ3n) is 4.15. The molecule has 0 bridgehead atoms. The summed E-state index contributed by atoms with van der Waals surface area (Å²) in [6, 6.07) is -4.02. The maximum atomic E-state index is 12.4. The number of aliphatic imine (C=N–C) groups is 1. The van der Waals surface area contributed by atoms with Crippen LogP contribution in [0.15, 0.2) is 4.99 Å². The minimum atomic E-state index is -1.24. The zero-order valence-corrected chi connectivity index (χ0v) is 18.3. The van der Waals surface area contributed by atoms with Gasteiger partial charge in [-0.25, -0.2) is 4.79 Å². The molecule has 3 amide bonds. The molecule has 0 aliphatic rings. The highest BCUT2D eigenvalue weighted by molar-refractivity contribution is 7.80. The molecule has 172 valence electrons. The summed E-state index contributed by atoms with van der Waals surface area (Å²) in [5.41, 5.74) is 16.1. The van der Waals surface area contributed by atoms with Crippen molar-refractivity contribution in [1.82, 2.24) is 16.0 Å². The van der Waals surface area contributed by atoms with E-state index in [0.29, 0.717) is 6.42 Å². The fourth-order valence-corrected chi connectivity index (χ4v) is 2.46. The number of hydrogen-bond acceptors (Lipinski definition) is 7. The fraction of sp³-hybridized carbons (Fsp3) is 0.706. The molecule has 0 saturated heterocycles. The first-order chi connectivity index (χ1) is 13.9. The molecule has 0 radical (unpaired) electrons. The molecular weight excluding hydrogens is 414 g/mol. The number of aliphatic carboxylic acids is 1. The number of nitrogens with one attached hydrogen (secondary N) is 3. The van der Waals surface area contributed by atoms with Crippen LogP contribution in [0.5, 0.6) is 0 Å². The van der Waals surface area contributed by atoms with E-state index < -0.39 is 47.9 Å². The van der Waals surface area contributed by atoms with Crippen LogP contribution >= 0.6 is 12.6 Å². The van der Waals surface area contributed by atoms with E-state index in [1.165, 1.54) is 6.92 Å². The maximum absolute atomic E-state index is 12.4. The Labute approximate surface area is 181 Å². The van der Waals surface area contributed by atoms with Gasteiger partial charge in [0.05, 0.1) is 6.04 Å². The van der Waals surface area contributed by atoms with Gasteiger partial charge in [-0.15, -0.1) is 0 Å². The fourth-order valence-electron chi connectivity index (χ4n) is 2.20. The Hall–Kier alpha value is -2.54. The van der Waals surface area contributed by atoms with Crippen molar-refractivity contribution in [3.8, 4) is 0 Å². The van der Waals surface area contributed by atoms with Crippen molar-refractivity contribution in [3.05, 3.63) is 0 Å². The lowest BCUT2D eigenvalue weighted by Gasteiger charge is -2.23. The summed E-state index contributed by atoms with van der Waals surface area (Å²) in [6.07, 6.45) is 0.414. The second-order valence-corrected chi connectivity index (χ2v) is 7.46. The maximum Gasteiger partial charge on any atom is 0.326 e. The standard InChI is InChI=1S/C17H33N7O5S/c1-8(2)12(18)15(27)22-9(3)13(25)24-11(7-30)14(26)23-10(16(28)29)5-4-6-21-17(19)20/h8-12,30H,4-7,18H2,1-3H3,(H,22,27)(H,23,26)(H,24,25)(H,28,29)(H4,19,20,21). The van der Waals surface area contributed by atoms with Gasteiger partial charge in [-0.2, -0.15) is 12.6 Å². The molecule has 0 aliphatic carbocycles. The Kier molecular flexibility index (Phi) is 12.5. The lowest BCUT2D eigenvalue weighted by molar-refractivity contribution is -0.142. The number of rotatable bonds is 13. The van der Waals surface area contributed by atoms with E-state index in [4.69, 9.17) is 17.2 Å². The first kappa shape index (κ1) is 27.5. The van der Waals surface area contributed by atoms with Crippen molar-refractivity contribution < 1.29 is 24.3 Å². The molecule has 0 aromatic rings. The summed E-state index contributed by atoms with van der Waals surface area (Å²) in [6.45, 7) is 5.20. The van der Waals surface area contributed by atoms with Crippen LogP contribution in [0.1, 0.15) is 33.6 Å². The molecule has 0 aromatic carbocycles. The van der Waals surface area contributed by atoms with E-state index in [1.54, 1.807) is 13.8 Å². The van der Waals surface area contributed by atoms with Gasteiger partial charge in [-0.3, -0.25) is 19.4 Å². The first-order valence-electron chi connectivity index (χ1n) is 9.46. The number of amides is 3. The van der Waals surface area contributed by atoms with E-state index >= 15 is 0 Å². The SMILES string of the molecule is CC(NC(=O)C(N)C(C)C)C(=O)NC(CS)C(=O)NC(CCCN=C(N)N)C(=O)O. The van der Waals surface area contributed by atoms with Crippen molar-refractivity contribution in [2.24, 2.45) is 28.1 Å². The van der Waals surface area contributed by atoms with Gasteiger partial charge in [0.2, 0.25) is 17.7 Å². The molecule has 0 aliphatic heterocycles. The lowest BCUT2D eigenvalue weighted by Crippen LogP contribution is -2.57. The summed E-state index contributed by atoms with van der Waals surface area (Å²) >= 11 is 4.03. The minimum absolute atomic E-state index is 0.0793. The number of nitrogens with two attached hydrogens (primary N) is 3. The molecule has 4 unspecified atom stereocenters. The van der Waals surface area contributed by atoms with Crippen molar-refractivity contribution >= 4 is 42.3 Å². The van der Waals surface area contributed by atoms with Gasteiger partial charge in [0.25, 0.3) is 0 Å². The molecule has 0 fully saturated rings. The molecule has 0 rings (SSSR count). The highest BCUT2D eigenvalue weighted by atomic mass is 32.1. The molecule has 0 saturated carbocycles. The van der Waals surface area contributed by atoms with Crippen LogP contribution in [0, 0.1) is 5.92 Å². The summed E-state index contributed by atoms with van der Waals surface area (Å²) in [5.74, 6) is -3.38. The van der Waals surface area contributed by atoms with E-state index in [-0.39, 0.29) is 30.6 Å². The Morgan fingerprint density at radius 2 is 1.53 bits per heavy atom. The van der Waals surface area contributed by atoms with Crippen LogP contribution in [-0.2, 0) is 19.2 Å². The summed E-state index contributed by atoms with van der Waals surface area (Å²) in [4.78, 5) is 51.8. The van der Waals surface area contributed by atoms with Crippen molar-refractivity contribution in [1.29, 1.82) is 0 Å². The number of carbonyl (C=O) groups excluding carboxylic acids is 3. The molecule has 0 spiro atoms. The van der Waals surface area contributed by atoms with Gasteiger partial charge in [0.1, 0.15) is 18.1 Å². The van der Waals surface area contributed by atoms with E-state index in [2.05, 4.69) is 33.6 Å². The van der Waals surface area contributed by atoms with Crippen molar-refractivity contribution in [3.63, 3.8) is 0 Å². The molecule has 0 heterocycles. The topological polar surface area (TPSA) is 215 Å². The molecule has 13 heteroatoms. The van der Waals surface area contributed by atoms with Gasteiger partial charge in [-0.1, -0.05) is 13.8 Å². The normalized spacial score (nSPS) is 14.7. The number of guanidine groups is 1. The molecule has 10 N–H and O–H groups in total. The van der Waals surface area contributed by atoms with Gasteiger partial charge in [0.15, 0.2) is 5.96 Å². The number of carbonyl (C=O) groups is 4. The third kappa shape index (κ3) is 10.3. The predicted molar refractivity (Wildman–Crippen MR) is 116 cm³/mol. The summed E-state index contributed by atoms with van der Waals surface area (Å²) in [7, 11) is 0. The highest BCUT2D eigenvalue weighted by Gasteiger charge is 2.28. The monoisotopic (exact) mass is 447 g/mol. The lowest BCUT2D eigenvalue weighted by atomic mass is 10.0. The Morgan fingerprint density at radius 1 is 0.967 bits per heavy atom. The molecular formula is C17H33N7O5S. The number of carboxylic acid groups (broad SMARTS) is 1. The number of thiol groups is 1. The van der Waals surface area contributed by atoms with Crippen molar-refractivity contribution in [2.45, 2.75) is 57.8 Å². The van der Waals surface area contributed by atoms with Gasteiger partial charge in [-0.05, 0) is 25.7 Å². The van der Waals surface area contributed by atoms with Crippen LogP contribution in [0.3, 0.4) is 0 Å². The van der Waals surface area contributed by atoms with E-state index in [9.17, 15) is 24.3 Å². The molecule has 4 atom stereocenters. The smallest absolute Gasteiger partial charge is 0.326 e. The average molecular weight is 448 g/mol. The van der Waals surface area contributed by atoms with Crippen LogP contribution < -0.4 is 33.2 Å². The highest BCUT2D eigenvalue weighted by Crippen LogP contribution is 2.02. The zero-order chi connectivity index (χ0) is 23.4. The number of carboxylic acids is 1. The van der Waals surface area contributed by atoms with Gasteiger partial charge in [0, 0.05) is 12.3 Å². The van der Waals surface area contributed by atoms with E-state index in [0.717, 1.165) is 0 Å². The Balaban J connectivity index is 4.82. The quantitative estimate of drug-likeness (QED) is 0.0652. The van der Waals surface area contributed by atoms with E-state index in [1.807, 2.05) is 0 Å². The van der Waals surface area contributed by atoms with Crippen LogP contribution in [0.2, 0.25) is 0 Å². The molecule has 0 aromatic heterocycles. The van der Waals surface area contributed by atoms with Gasteiger partial charge < -0.3 is 38.3 Å². The van der Waals surface area contributed by atoms with Crippen LogP contribution in [0.4, 0.5) is 0 Å². The zero-order valence-electron chi connectivity index (χ0n) is 17.4. The van der Waals surface area contributed by atoms with Gasteiger partial charge >= 0.3 is 5.97 Å². The first-order valence-corrected chi connectivity index (χ1v) is 10.1. The predicted octanol–water partition coefficient (Wildman–Crippen LogP) is -2.49. The number of hydrogen-bond donors (Lipinski definition) is 8. The average Bonchev–Trinajstić information content (AvgIpc) is 2.66. The summed E-state index contributed by atoms with van der Waals surface area (Å²) in [5, 5.41) is 16.5. The molecule has 12 nitrogen and oxygen atoms in total. The summed E-state index contributed by atoms with van der Waals surface area (Å²) < 4.78 is 0.